The molecular weight excluding hydrogens is 293 g/mol. The van der Waals surface area contributed by atoms with Gasteiger partial charge in [0, 0.05) is 17.6 Å². The number of fused-ring (bicyclic) bond motifs is 1. The van der Waals surface area contributed by atoms with Gasteiger partial charge >= 0.3 is 0 Å². The summed E-state index contributed by atoms with van der Waals surface area (Å²) in [5.74, 6) is 0. The molecule has 102 valence electrons. The second-order valence-electron chi connectivity index (χ2n) is 4.61. The molecule has 3 rings (SSSR count). The lowest BCUT2D eigenvalue weighted by atomic mass is 10.3. The number of imidazole rings is 1. The molecular formula is C15H13Cl2N3. The Morgan fingerprint density at radius 2 is 2.00 bits per heavy atom. The Bertz CT molecular complexity index is 765. The van der Waals surface area contributed by atoms with E-state index in [1.54, 1.807) is 6.07 Å². The molecule has 2 heterocycles. The smallest absolute Gasteiger partial charge is 0.137 e. The van der Waals surface area contributed by atoms with Crippen molar-refractivity contribution in [1.82, 2.24) is 9.38 Å². The normalized spacial score (nSPS) is 10.9. The van der Waals surface area contributed by atoms with Gasteiger partial charge in [-0.15, -0.1) is 0 Å². The summed E-state index contributed by atoms with van der Waals surface area (Å²) < 4.78 is 2.08. The van der Waals surface area contributed by atoms with E-state index in [-0.39, 0.29) is 0 Å². The van der Waals surface area contributed by atoms with Crippen LogP contribution < -0.4 is 5.32 Å². The van der Waals surface area contributed by atoms with Crippen molar-refractivity contribution in [3.63, 3.8) is 0 Å². The second-order valence-corrected chi connectivity index (χ2v) is 5.42. The molecule has 0 saturated carbocycles. The number of hydrogen-bond donors (Lipinski definition) is 1. The van der Waals surface area contributed by atoms with E-state index in [1.165, 1.54) is 0 Å². The highest BCUT2D eigenvalue weighted by Crippen LogP contribution is 2.25. The third kappa shape index (κ3) is 2.60. The Hall–Kier alpha value is -1.71. The predicted molar refractivity (Wildman–Crippen MR) is 83.7 cm³/mol. The van der Waals surface area contributed by atoms with E-state index >= 15 is 0 Å². The van der Waals surface area contributed by atoms with Crippen LogP contribution in [0.2, 0.25) is 10.0 Å². The number of aryl methyl sites for hydroxylation is 1. The molecule has 0 radical (unpaired) electrons. The molecule has 5 heteroatoms. The predicted octanol–water partition coefficient (Wildman–Crippen LogP) is 4.56. The minimum Gasteiger partial charge on any atom is -0.379 e. The van der Waals surface area contributed by atoms with E-state index in [0.717, 1.165) is 22.7 Å². The summed E-state index contributed by atoms with van der Waals surface area (Å²) in [6.07, 6.45) is 2.04. The van der Waals surface area contributed by atoms with Crippen LogP contribution in [-0.4, -0.2) is 9.38 Å². The molecule has 0 unspecified atom stereocenters. The number of nitrogens with zero attached hydrogens (tertiary/aromatic N) is 2. The molecule has 3 nitrogen and oxygen atoms in total. The molecule has 0 fully saturated rings. The first kappa shape index (κ1) is 13.3. The van der Waals surface area contributed by atoms with Crippen molar-refractivity contribution in [2.45, 2.75) is 13.5 Å². The average Bonchev–Trinajstić information content (AvgIpc) is 2.85. The summed E-state index contributed by atoms with van der Waals surface area (Å²) in [4.78, 5) is 4.57. The van der Waals surface area contributed by atoms with Crippen LogP contribution in [0.3, 0.4) is 0 Å². The number of rotatable bonds is 3. The maximum absolute atomic E-state index is 5.99. The second kappa shape index (κ2) is 5.35. The van der Waals surface area contributed by atoms with E-state index in [0.29, 0.717) is 16.6 Å². The topological polar surface area (TPSA) is 29.3 Å². The molecule has 0 atom stereocenters. The van der Waals surface area contributed by atoms with Gasteiger partial charge in [0.1, 0.15) is 5.65 Å². The van der Waals surface area contributed by atoms with Crippen LogP contribution >= 0.6 is 23.2 Å². The fourth-order valence-corrected chi connectivity index (χ4v) is 2.38. The van der Waals surface area contributed by atoms with Gasteiger partial charge in [0.15, 0.2) is 0 Å². The Labute approximate surface area is 127 Å². The van der Waals surface area contributed by atoms with E-state index in [2.05, 4.69) is 27.7 Å². The van der Waals surface area contributed by atoms with E-state index in [4.69, 9.17) is 23.2 Å². The van der Waals surface area contributed by atoms with Gasteiger partial charge in [0.2, 0.25) is 0 Å². The molecule has 1 aromatic carbocycles. The highest BCUT2D eigenvalue weighted by molar-refractivity contribution is 6.42. The quantitative estimate of drug-likeness (QED) is 0.768. The maximum Gasteiger partial charge on any atom is 0.137 e. The summed E-state index contributed by atoms with van der Waals surface area (Å²) in [7, 11) is 0. The highest BCUT2D eigenvalue weighted by atomic mass is 35.5. The number of aromatic nitrogens is 2. The van der Waals surface area contributed by atoms with Crippen LogP contribution in [0.5, 0.6) is 0 Å². The minimum atomic E-state index is 0.544. The number of halogens is 2. The van der Waals surface area contributed by atoms with Crippen molar-refractivity contribution in [3.8, 4) is 0 Å². The maximum atomic E-state index is 5.99. The molecule has 0 saturated heterocycles. The number of anilines is 1. The molecule has 0 spiro atoms. The van der Waals surface area contributed by atoms with Crippen LogP contribution in [0.15, 0.2) is 42.6 Å². The van der Waals surface area contributed by atoms with Crippen molar-refractivity contribution in [1.29, 1.82) is 0 Å². The Morgan fingerprint density at radius 3 is 2.75 bits per heavy atom. The molecule has 0 aliphatic heterocycles. The van der Waals surface area contributed by atoms with Gasteiger partial charge in [-0.25, -0.2) is 4.98 Å². The van der Waals surface area contributed by atoms with Crippen molar-refractivity contribution in [2.24, 2.45) is 0 Å². The summed E-state index contributed by atoms with van der Waals surface area (Å²) >= 11 is 11.9. The first-order valence-electron chi connectivity index (χ1n) is 6.26. The lowest BCUT2D eigenvalue weighted by Crippen LogP contribution is -1.99. The van der Waals surface area contributed by atoms with E-state index in [9.17, 15) is 0 Å². The molecule has 2 aromatic heterocycles. The summed E-state index contributed by atoms with van der Waals surface area (Å²) in [5, 5.41) is 4.39. The van der Waals surface area contributed by atoms with Gasteiger partial charge in [-0.05, 0) is 37.3 Å². The van der Waals surface area contributed by atoms with Gasteiger partial charge in [-0.2, -0.15) is 0 Å². The zero-order chi connectivity index (χ0) is 14.1. The van der Waals surface area contributed by atoms with E-state index < -0.39 is 0 Å². The zero-order valence-electron chi connectivity index (χ0n) is 10.9. The van der Waals surface area contributed by atoms with Gasteiger partial charge in [0.25, 0.3) is 0 Å². The molecule has 0 amide bonds. The third-order valence-corrected chi connectivity index (χ3v) is 3.88. The molecule has 1 N–H and O–H groups in total. The third-order valence-electron chi connectivity index (χ3n) is 3.14. The van der Waals surface area contributed by atoms with Crippen molar-refractivity contribution in [3.05, 3.63) is 64.0 Å². The lowest BCUT2D eigenvalue weighted by Gasteiger charge is -2.05. The standard InChI is InChI=1S/C15H13Cl2N3/c1-10-3-2-4-15-19-12(9-20(10)15)8-18-11-5-6-13(16)14(17)7-11/h2-7,9,18H,8H2,1H3. The fourth-order valence-electron chi connectivity index (χ4n) is 2.08. The summed E-state index contributed by atoms with van der Waals surface area (Å²) in [6, 6.07) is 11.6. The van der Waals surface area contributed by atoms with Crippen molar-refractivity contribution < 1.29 is 0 Å². The minimum absolute atomic E-state index is 0.544. The zero-order valence-corrected chi connectivity index (χ0v) is 12.4. The summed E-state index contributed by atoms with van der Waals surface area (Å²) in [5.41, 5.74) is 4.02. The molecule has 3 aromatic rings. The highest BCUT2D eigenvalue weighted by Gasteiger charge is 2.04. The Morgan fingerprint density at radius 1 is 1.15 bits per heavy atom. The van der Waals surface area contributed by atoms with Gasteiger partial charge in [0.05, 0.1) is 22.3 Å². The average molecular weight is 306 g/mol. The van der Waals surface area contributed by atoms with E-state index in [1.807, 2.05) is 30.5 Å². The van der Waals surface area contributed by atoms with Crippen LogP contribution in [0.4, 0.5) is 5.69 Å². The van der Waals surface area contributed by atoms with Crippen molar-refractivity contribution >= 4 is 34.5 Å². The number of nitrogens with one attached hydrogen (secondary N) is 1. The summed E-state index contributed by atoms with van der Waals surface area (Å²) in [6.45, 7) is 2.70. The molecule has 0 aliphatic rings. The molecule has 20 heavy (non-hydrogen) atoms. The van der Waals surface area contributed by atoms with Crippen molar-refractivity contribution in [2.75, 3.05) is 5.32 Å². The monoisotopic (exact) mass is 305 g/mol. The SMILES string of the molecule is Cc1cccc2nc(CNc3ccc(Cl)c(Cl)c3)cn12. The van der Waals surface area contributed by atoms with Gasteiger partial charge in [-0.3, -0.25) is 0 Å². The van der Waals surface area contributed by atoms with Crippen LogP contribution in [0.1, 0.15) is 11.4 Å². The molecule has 0 aliphatic carbocycles. The fraction of sp³-hybridized carbons (Fsp3) is 0.133. The lowest BCUT2D eigenvalue weighted by molar-refractivity contribution is 1.06. The Balaban J connectivity index is 1.79. The van der Waals surface area contributed by atoms with Crippen LogP contribution in [0.25, 0.3) is 5.65 Å². The number of pyridine rings is 1. The largest absolute Gasteiger partial charge is 0.379 e. The first-order valence-corrected chi connectivity index (χ1v) is 7.01. The van der Waals surface area contributed by atoms with Gasteiger partial charge in [-0.1, -0.05) is 29.3 Å². The number of hydrogen-bond acceptors (Lipinski definition) is 2. The molecule has 0 bridgehead atoms. The Kier molecular flexibility index (Phi) is 3.55. The number of benzene rings is 1. The van der Waals surface area contributed by atoms with Gasteiger partial charge < -0.3 is 9.72 Å². The van der Waals surface area contributed by atoms with Crippen LogP contribution in [-0.2, 0) is 6.54 Å². The first-order chi connectivity index (χ1) is 9.63. The van der Waals surface area contributed by atoms with Crippen LogP contribution in [0, 0.1) is 6.92 Å².